The minimum Gasteiger partial charge on any atom is -0.444 e. The minimum absolute atomic E-state index is 0.0695. The van der Waals surface area contributed by atoms with Gasteiger partial charge in [-0.2, -0.15) is 0 Å². The van der Waals surface area contributed by atoms with Crippen molar-refractivity contribution in [3.63, 3.8) is 0 Å². The zero-order valence-corrected chi connectivity index (χ0v) is 22.8. The fraction of sp³-hybridized carbons (Fsp3) is 0.652. The molecule has 0 N–H and O–H groups in total. The van der Waals surface area contributed by atoms with Gasteiger partial charge in [0.2, 0.25) is 0 Å². The van der Waals surface area contributed by atoms with Crippen LogP contribution in [-0.4, -0.2) is 50.9 Å². The van der Waals surface area contributed by atoms with Crippen LogP contribution in [0.15, 0.2) is 18.2 Å². The van der Waals surface area contributed by atoms with Crippen LogP contribution in [0.5, 0.6) is 0 Å². The smallest absolute Gasteiger partial charge is 0.410 e. The number of likely N-dealkylation sites (N-methyl/N-ethyl adjacent to an activating group) is 1. The number of halogens is 2. The van der Waals surface area contributed by atoms with Gasteiger partial charge in [0.15, 0.2) is 14.1 Å². The molecule has 31 heavy (non-hydrogen) atoms. The van der Waals surface area contributed by atoms with E-state index in [1.807, 2.05) is 0 Å². The van der Waals surface area contributed by atoms with Gasteiger partial charge in [0.05, 0.1) is 16.6 Å². The van der Waals surface area contributed by atoms with Crippen molar-refractivity contribution >= 4 is 43.4 Å². The first-order valence-corrected chi connectivity index (χ1v) is 14.2. The number of hydrogen-bond acceptors (Lipinski definition) is 4. The molecule has 0 radical (unpaired) electrons. The normalized spacial score (nSPS) is 13.6. The Balaban J connectivity index is 3.01. The largest absolute Gasteiger partial charge is 0.444 e. The predicted molar refractivity (Wildman–Crippen MR) is 131 cm³/mol. The Morgan fingerprint density at radius 3 is 2.13 bits per heavy atom. The molecule has 0 heterocycles. The second-order valence-electron chi connectivity index (χ2n) is 10.4. The van der Waals surface area contributed by atoms with Crippen LogP contribution in [0.3, 0.4) is 0 Å². The van der Waals surface area contributed by atoms with E-state index in [2.05, 4.69) is 33.9 Å². The molecule has 0 aliphatic heterocycles. The van der Waals surface area contributed by atoms with Crippen molar-refractivity contribution in [1.29, 1.82) is 0 Å². The summed E-state index contributed by atoms with van der Waals surface area (Å²) in [5.41, 5.74) is 0.130. The lowest BCUT2D eigenvalue weighted by molar-refractivity contribution is -0.121. The second-order valence-corrected chi connectivity index (χ2v) is 16.0. The van der Waals surface area contributed by atoms with Crippen LogP contribution >= 0.6 is 23.2 Å². The van der Waals surface area contributed by atoms with Crippen LogP contribution in [0.4, 0.5) is 4.79 Å². The van der Waals surface area contributed by atoms with Gasteiger partial charge in [-0.05, 0) is 63.0 Å². The molecule has 5 nitrogen and oxygen atoms in total. The van der Waals surface area contributed by atoms with E-state index in [0.717, 1.165) is 5.56 Å². The van der Waals surface area contributed by atoms with E-state index in [-0.39, 0.29) is 17.4 Å². The van der Waals surface area contributed by atoms with Gasteiger partial charge in [-0.3, -0.25) is 4.79 Å². The number of ketones is 1. The molecule has 0 aliphatic rings. The van der Waals surface area contributed by atoms with E-state index in [0.29, 0.717) is 23.1 Å². The van der Waals surface area contributed by atoms with Crippen molar-refractivity contribution < 1.29 is 18.8 Å². The van der Waals surface area contributed by atoms with Crippen LogP contribution in [0.25, 0.3) is 0 Å². The van der Waals surface area contributed by atoms with E-state index in [1.165, 1.54) is 4.90 Å². The highest BCUT2D eigenvalue weighted by atomic mass is 35.5. The van der Waals surface area contributed by atoms with Crippen molar-refractivity contribution in [1.82, 2.24) is 4.90 Å². The first-order chi connectivity index (χ1) is 13.9. The van der Waals surface area contributed by atoms with Gasteiger partial charge in [-0.25, -0.2) is 4.79 Å². The third-order valence-electron chi connectivity index (χ3n) is 5.51. The number of benzene rings is 1. The third-order valence-corrected chi connectivity index (χ3v) is 10.8. The van der Waals surface area contributed by atoms with Crippen LogP contribution in [-0.2, 0) is 14.0 Å². The zero-order valence-electron chi connectivity index (χ0n) is 20.3. The monoisotopic (exact) mass is 489 g/mol. The summed E-state index contributed by atoms with van der Waals surface area (Å²) >= 11 is 12.3. The Morgan fingerprint density at radius 2 is 1.65 bits per heavy atom. The van der Waals surface area contributed by atoms with Crippen LogP contribution < -0.4 is 0 Å². The SMILES string of the molecule is CN(CC(=O)[C@H](CCO[Si](C)(C)C(C)(C)C)c1ccc(Cl)c(Cl)c1)C(=O)OC(C)(C)C. The molecular formula is C23H37Cl2NO4Si. The molecule has 1 aromatic rings. The number of ether oxygens (including phenoxy) is 1. The number of carbonyl (C=O) groups is 2. The Kier molecular flexibility index (Phi) is 9.64. The highest BCUT2D eigenvalue weighted by Gasteiger charge is 2.37. The number of nitrogens with zero attached hydrogens (tertiary/aromatic N) is 1. The van der Waals surface area contributed by atoms with E-state index < -0.39 is 25.9 Å². The molecule has 0 saturated carbocycles. The lowest BCUT2D eigenvalue weighted by Crippen LogP contribution is -2.41. The average molecular weight is 491 g/mol. The summed E-state index contributed by atoms with van der Waals surface area (Å²) in [4.78, 5) is 26.8. The average Bonchev–Trinajstić information content (AvgIpc) is 2.58. The lowest BCUT2D eigenvalue weighted by atomic mass is 9.91. The maximum Gasteiger partial charge on any atom is 0.410 e. The predicted octanol–water partition coefficient (Wildman–Crippen LogP) is 6.92. The summed E-state index contributed by atoms with van der Waals surface area (Å²) in [5.74, 6) is -0.574. The number of carbonyl (C=O) groups excluding carboxylic acids is 2. The van der Waals surface area contributed by atoms with Crippen molar-refractivity contribution in [2.45, 2.75) is 77.6 Å². The van der Waals surface area contributed by atoms with Gasteiger partial charge in [-0.1, -0.05) is 50.0 Å². The Morgan fingerprint density at radius 1 is 1.06 bits per heavy atom. The molecule has 0 aromatic heterocycles. The molecule has 1 rings (SSSR count). The standard InChI is InChI=1S/C23H37Cl2NO4Si/c1-22(2,3)30-21(28)26(7)15-20(27)17(16-10-11-18(24)19(25)14-16)12-13-29-31(8,9)23(4,5)6/h10-11,14,17H,12-13,15H2,1-9H3/t17-/m1/s1. The van der Waals surface area contributed by atoms with Gasteiger partial charge < -0.3 is 14.1 Å². The highest BCUT2D eigenvalue weighted by molar-refractivity contribution is 6.74. The van der Waals surface area contributed by atoms with Crippen molar-refractivity contribution in [2.75, 3.05) is 20.2 Å². The quantitative estimate of drug-likeness (QED) is 0.371. The number of Topliss-reactive ketones (excluding diaryl/α,β-unsaturated/α-hetero) is 1. The molecule has 8 heteroatoms. The molecule has 0 bridgehead atoms. The maximum atomic E-state index is 13.2. The van der Waals surface area contributed by atoms with Crippen LogP contribution in [0, 0.1) is 0 Å². The van der Waals surface area contributed by atoms with Crippen molar-refractivity contribution in [3.05, 3.63) is 33.8 Å². The fourth-order valence-electron chi connectivity index (χ4n) is 2.64. The van der Waals surface area contributed by atoms with E-state index >= 15 is 0 Å². The highest BCUT2D eigenvalue weighted by Crippen LogP contribution is 2.37. The molecular weight excluding hydrogens is 453 g/mol. The molecule has 1 amide bonds. The summed E-state index contributed by atoms with van der Waals surface area (Å²) in [5, 5.41) is 0.898. The van der Waals surface area contributed by atoms with Crippen LogP contribution in [0.1, 0.15) is 59.4 Å². The zero-order chi connectivity index (χ0) is 24.2. The van der Waals surface area contributed by atoms with Crippen molar-refractivity contribution in [2.24, 2.45) is 0 Å². The fourth-order valence-corrected chi connectivity index (χ4v) is 4.01. The molecule has 0 saturated heterocycles. The topological polar surface area (TPSA) is 55.8 Å². The molecule has 0 unspecified atom stereocenters. The summed E-state index contributed by atoms with van der Waals surface area (Å²) < 4.78 is 11.7. The lowest BCUT2D eigenvalue weighted by Gasteiger charge is -2.36. The Hall–Kier alpha value is -1.08. The van der Waals surface area contributed by atoms with E-state index in [1.54, 1.807) is 46.0 Å². The molecule has 0 aliphatic carbocycles. The summed E-state index contributed by atoms with van der Waals surface area (Å²) in [6.45, 7) is 16.6. The second kappa shape index (κ2) is 10.7. The molecule has 0 fully saturated rings. The first-order valence-electron chi connectivity index (χ1n) is 10.5. The van der Waals surface area contributed by atoms with Gasteiger partial charge >= 0.3 is 6.09 Å². The first kappa shape index (κ1) is 28.0. The summed E-state index contributed by atoms with van der Waals surface area (Å²) in [6.07, 6.45) is -0.0443. The van der Waals surface area contributed by atoms with Crippen molar-refractivity contribution in [3.8, 4) is 0 Å². The summed E-state index contributed by atoms with van der Waals surface area (Å²) in [6, 6.07) is 5.20. The molecule has 1 atom stereocenters. The number of amides is 1. The minimum atomic E-state index is -1.95. The molecule has 0 spiro atoms. The molecule has 176 valence electrons. The summed E-state index contributed by atoms with van der Waals surface area (Å²) in [7, 11) is -0.387. The van der Waals surface area contributed by atoms with Crippen LogP contribution in [0.2, 0.25) is 28.2 Å². The number of rotatable bonds is 8. The van der Waals surface area contributed by atoms with Gasteiger partial charge in [0.1, 0.15) is 5.60 Å². The van der Waals surface area contributed by atoms with Gasteiger partial charge in [-0.15, -0.1) is 0 Å². The van der Waals surface area contributed by atoms with E-state index in [9.17, 15) is 9.59 Å². The van der Waals surface area contributed by atoms with E-state index in [4.69, 9.17) is 32.4 Å². The Labute approximate surface area is 198 Å². The Bertz CT molecular complexity index is 785. The van der Waals surface area contributed by atoms with Gasteiger partial charge in [0.25, 0.3) is 0 Å². The third kappa shape index (κ3) is 8.76. The molecule has 1 aromatic carbocycles. The number of hydrogen-bond donors (Lipinski definition) is 0. The maximum absolute atomic E-state index is 13.2. The van der Waals surface area contributed by atoms with Gasteiger partial charge in [0, 0.05) is 19.6 Å².